The van der Waals surface area contributed by atoms with Crippen molar-refractivity contribution in [1.29, 1.82) is 0 Å². The molecule has 0 aliphatic rings. The average Bonchev–Trinajstić information content (AvgIpc) is 2.54. The van der Waals surface area contributed by atoms with Gasteiger partial charge in [0.2, 0.25) is 0 Å². The van der Waals surface area contributed by atoms with E-state index in [1.807, 2.05) is 48.5 Å². The quantitative estimate of drug-likeness (QED) is 0.733. The maximum absolute atomic E-state index is 12.4. The van der Waals surface area contributed by atoms with Crippen LogP contribution >= 0.6 is 11.8 Å². The van der Waals surface area contributed by atoms with Crippen LogP contribution in [-0.4, -0.2) is 17.7 Å². The number of thioether (sulfide) groups is 1. The monoisotopic (exact) mass is 328 g/mol. The fraction of sp³-hybridized carbons (Fsp3) is 0.316. The third-order valence-electron chi connectivity index (χ3n) is 3.32. The average molecular weight is 328 g/mol. The fourth-order valence-electron chi connectivity index (χ4n) is 2.21. The number of anilines is 1. The van der Waals surface area contributed by atoms with Crippen molar-refractivity contribution in [1.82, 2.24) is 5.32 Å². The second-order valence-electron chi connectivity index (χ2n) is 5.58. The number of amides is 1. The largest absolute Gasteiger partial charge is 0.322 e. The van der Waals surface area contributed by atoms with Crippen LogP contribution < -0.4 is 10.6 Å². The molecule has 2 aromatic rings. The topological polar surface area (TPSA) is 41.1 Å². The first-order valence-corrected chi connectivity index (χ1v) is 8.84. The van der Waals surface area contributed by atoms with Gasteiger partial charge in [-0.25, -0.2) is 0 Å². The molecule has 4 heteroatoms. The molecule has 0 saturated heterocycles. The summed E-state index contributed by atoms with van der Waals surface area (Å²) in [5.41, 5.74) is 2.63. The Balaban J connectivity index is 2.07. The molecule has 3 nitrogen and oxygen atoms in total. The van der Waals surface area contributed by atoms with Crippen molar-refractivity contribution in [2.45, 2.75) is 37.5 Å². The number of carbonyl (C=O) groups is 1. The van der Waals surface area contributed by atoms with Crippen LogP contribution in [0.25, 0.3) is 0 Å². The predicted octanol–water partition coefficient (Wildman–Crippen LogP) is 4.55. The van der Waals surface area contributed by atoms with Gasteiger partial charge in [0.05, 0.1) is 0 Å². The van der Waals surface area contributed by atoms with E-state index in [2.05, 4.69) is 31.4 Å². The van der Waals surface area contributed by atoms with Gasteiger partial charge in [-0.3, -0.25) is 4.79 Å². The fourth-order valence-corrected chi connectivity index (χ4v) is 3.05. The van der Waals surface area contributed by atoms with Gasteiger partial charge in [-0.1, -0.05) is 39.0 Å². The number of hydrogen-bond acceptors (Lipinski definition) is 3. The van der Waals surface area contributed by atoms with Gasteiger partial charge in [0.15, 0.2) is 0 Å². The maximum Gasteiger partial charge on any atom is 0.255 e. The van der Waals surface area contributed by atoms with E-state index in [1.165, 1.54) is 4.90 Å². The third kappa shape index (κ3) is 5.41. The molecular weight excluding hydrogens is 304 g/mol. The Labute approximate surface area is 142 Å². The summed E-state index contributed by atoms with van der Waals surface area (Å²) in [5, 5.41) is 6.83. The summed E-state index contributed by atoms with van der Waals surface area (Å²) >= 11 is 1.79. The molecule has 23 heavy (non-hydrogen) atoms. The van der Waals surface area contributed by atoms with Crippen LogP contribution in [0.2, 0.25) is 0 Å². The molecule has 0 atom stereocenters. The molecule has 2 rings (SSSR count). The van der Waals surface area contributed by atoms with Gasteiger partial charge >= 0.3 is 0 Å². The highest BCUT2D eigenvalue weighted by atomic mass is 32.2. The molecule has 0 fully saturated rings. The minimum Gasteiger partial charge on any atom is -0.322 e. The molecule has 2 N–H and O–H groups in total. The van der Waals surface area contributed by atoms with E-state index in [1.54, 1.807) is 11.8 Å². The van der Waals surface area contributed by atoms with Crippen molar-refractivity contribution >= 4 is 23.4 Å². The molecule has 2 aromatic carbocycles. The van der Waals surface area contributed by atoms with E-state index >= 15 is 0 Å². The van der Waals surface area contributed by atoms with Gasteiger partial charge in [-0.2, -0.15) is 0 Å². The number of hydrogen-bond donors (Lipinski definition) is 2. The second-order valence-corrected chi connectivity index (χ2v) is 7.23. The van der Waals surface area contributed by atoms with Crippen molar-refractivity contribution in [2.75, 3.05) is 11.9 Å². The number of rotatable bonds is 7. The lowest BCUT2D eigenvalue weighted by Gasteiger charge is -2.12. The number of para-hydroxylation sites is 1. The van der Waals surface area contributed by atoms with Crippen molar-refractivity contribution < 1.29 is 4.79 Å². The highest BCUT2D eigenvalue weighted by molar-refractivity contribution is 7.99. The van der Waals surface area contributed by atoms with E-state index in [-0.39, 0.29) is 5.91 Å². The molecule has 0 spiro atoms. The zero-order valence-electron chi connectivity index (χ0n) is 13.9. The summed E-state index contributed by atoms with van der Waals surface area (Å²) in [6.07, 6.45) is 0. The molecule has 0 aliphatic carbocycles. The Morgan fingerprint density at radius 2 is 1.78 bits per heavy atom. The van der Waals surface area contributed by atoms with Crippen molar-refractivity contribution in [3.63, 3.8) is 0 Å². The first-order chi connectivity index (χ1) is 11.1. The van der Waals surface area contributed by atoms with Crippen LogP contribution in [0.3, 0.4) is 0 Å². The van der Waals surface area contributed by atoms with Gasteiger partial charge < -0.3 is 10.6 Å². The van der Waals surface area contributed by atoms with Crippen molar-refractivity contribution in [3.05, 3.63) is 59.7 Å². The summed E-state index contributed by atoms with van der Waals surface area (Å²) in [6.45, 7) is 8.03. The zero-order valence-corrected chi connectivity index (χ0v) is 14.7. The van der Waals surface area contributed by atoms with Crippen molar-refractivity contribution in [2.24, 2.45) is 0 Å². The van der Waals surface area contributed by atoms with Crippen LogP contribution in [0.5, 0.6) is 0 Å². The van der Waals surface area contributed by atoms with E-state index in [4.69, 9.17) is 0 Å². The lowest BCUT2D eigenvalue weighted by molar-refractivity contribution is 0.102. The lowest BCUT2D eigenvalue weighted by atomic mass is 10.1. The summed E-state index contributed by atoms with van der Waals surface area (Å²) in [6, 6.07) is 15.7. The normalized spacial score (nSPS) is 10.8. The standard InChI is InChI=1S/C19H24N2OS/c1-4-20-13-16-7-5-6-8-18(16)21-19(22)15-9-11-17(12-10-15)23-14(2)3/h5-12,14,20H,4,13H2,1-3H3,(H,21,22). The summed E-state index contributed by atoms with van der Waals surface area (Å²) in [4.78, 5) is 13.6. The van der Waals surface area contributed by atoms with E-state index in [0.717, 1.165) is 24.3 Å². The van der Waals surface area contributed by atoms with E-state index in [9.17, 15) is 4.79 Å². The van der Waals surface area contributed by atoms with E-state index < -0.39 is 0 Å². The maximum atomic E-state index is 12.4. The summed E-state index contributed by atoms with van der Waals surface area (Å²) < 4.78 is 0. The Bertz CT molecular complexity index is 638. The van der Waals surface area contributed by atoms with Gasteiger partial charge in [0, 0.05) is 27.9 Å². The highest BCUT2D eigenvalue weighted by Gasteiger charge is 2.09. The molecular formula is C19H24N2OS. The highest BCUT2D eigenvalue weighted by Crippen LogP contribution is 2.23. The van der Waals surface area contributed by atoms with Crippen molar-refractivity contribution in [3.8, 4) is 0 Å². The van der Waals surface area contributed by atoms with Gasteiger partial charge in [-0.15, -0.1) is 11.8 Å². The molecule has 0 radical (unpaired) electrons. The first-order valence-electron chi connectivity index (χ1n) is 7.97. The number of carbonyl (C=O) groups excluding carboxylic acids is 1. The van der Waals surface area contributed by atoms with Crippen LogP contribution in [0, 0.1) is 0 Å². The number of benzene rings is 2. The Kier molecular flexibility index (Phi) is 6.68. The minimum atomic E-state index is -0.0740. The molecule has 1 amide bonds. The second kappa shape index (κ2) is 8.75. The lowest BCUT2D eigenvalue weighted by Crippen LogP contribution is -2.17. The van der Waals surface area contributed by atoms with Crippen LogP contribution in [-0.2, 0) is 6.54 Å². The molecule has 0 saturated carbocycles. The third-order valence-corrected chi connectivity index (χ3v) is 4.34. The first kappa shape index (κ1) is 17.6. The summed E-state index contributed by atoms with van der Waals surface area (Å²) in [7, 11) is 0. The molecule has 0 heterocycles. The molecule has 0 bridgehead atoms. The smallest absolute Gasteiger partial charge is 0.255 e. The molecule has 0 aliphatic heterocycles. The Morgan fingerprint density at radius 3 is 2.43 bits per heavy atom. The SMILES string of the molecule is CCNCc1ccccc1NC(=O)c1ccc(SC(C)C)cc1. The Hall–Kier alpha value is -1.78. The molecule has 0 aromatic heterocycles. The summed E-state index contributed by atoms with van der Waals surface area (Å²) in [5.74, 6) is -0.0740. The van der Waals surface area contributed by atoms with Crippen LogP contribution in [0.15, 0.2) is 53.4 Å². The number of nitrogens with one attached hydrogen (secondary N) is 2. The van der Waals surface area contributed by atoms with Gasteiger partial charge in [0.1, 0.15) is 0 Å². The minimum absolute atomic E-state index is 0.0740. The van der Waals surface area contributed by atoms with Gasteiger partial charge in [-0.05, 0) is 42.4 Å². The Morgan fingerprint density at radius 1 is 1.09 bits per heavy atom. The van der Waals surface area contributed by atoms with Crippen LogP contribution in [0.4, 0.5) is 5.69 Å². The van der Waals surface area contributed by atoms with E-state index in [0.29, 0.717) is 10.8 Å². The molecule has 122 valence electrons. The van der Waals surface area contributed by atoms with Gasteiger partial charge in [0.25, 0.3) is 5.91 Å². The molecule has 0 unspecified atom stereocenters. The van der Waals surface area contributed by atoms with Crippen LogP contribution in [0.1, 0.15) is 36.7 Å². The predicted molar refractivity (Wildman–Crippen MR) is 99.2 cm³/mol. The zero-order chi connectivity index (χ0) is 16.7.